The molecule has 0 aliphatic heterocycles. The minimum atomic E-state index is -1.48. The second kappa shape index (κ2) is 5.77. The third kappa shape index (κ3) is 3.04. The van der Waals surface area contributed by atoms with Gasteiger partial charge in [-0.2, -0.15) is 0 Å². The summed E-state index contributed by atoms with van der Waals surface area (Å²) in [4.78, 5) is 0. The molecule has 4 heteroatoms. The maximum absolute atomic E-state index is 8.93. The molecule has 0 bridgehead atoms. The highest BCUT2D eigenvalue weighted by atomic mass is 16.5. The zero-order valence-electron chi connectivity index (χ0n) is 7.41. The molecule has 0 heterocycles. The van der Waals surface area contributed by atoms with E-state index in [0.29, 0.717) is 11.3 Å². The van der Waals surface area contributed by atoms with E-state index in [4.69, 9.17) is 16.1 Å². The van der Waals surface area contributed by atoms with E-state index in [0.717, 1.165) is 6.42 Å². The Bertz CT molecular complexity index is 185. The van der Waals surface area contributed by atoms with E-state index in [1.54, 1.807) is 19.1 Å². The first-order valence-electron chi connectivity index (χ1n) is 3.86. The molecule has 0 atom stereocenters. The van der Waals surface area contributed by atoms with Crippen LogP contribution in [0.1, 0.15) is 20.3 Å². The minimum absolute atomic E-state index is 0.405. The van der Waals surface area contributed by atoms with Crippen molar-refractivity contribution in [3.63, 3.8) is 0 Å². The highest BCUT2D eigenvalue weighted by molar-refractivity contribution is 5.29. The van der Waals surface area contributed by atoms with Crippen molar-refractivity contribution in [2.75, 3.05) is 0 Å². The van der Waals surface area contributed by atoms with E-state index in [9.17, 15) is 0 Å². The van der Waals surface area contributed by atoms with E-state index in [-0.39, 0.29) is 0 Å². The van der Waals surface area contributed by atoms with Crippen LogP contribution in [0.25, 0.3) is 0 Å². The van der Waals surface area contributed by atoms with Crippen molar-refractivity contribution in [1.29, 1.82) is 0 Å². The fraction of sp³-hybridized carbons (Fsp3) is 0.500. The van der Waals surface area contributed by atoms with Gasteiger partial charge in [0.2, 0.25) is 0 Å². The number of hydrogen-bond acceptors (Lipinski definition) is 4. The van der Waals surface area contributed by atoms with Gasteiger partial charge in [0.25, 0.3) is 0 Å². The number of allylic oxidation sites excluding steroid dienone is 2. The number of hydrazine groups is 1. The first-order chi connectivity index (χ1) is 5.67. The largest absolute Gasteiger partial charge is 0.364 e. The quantitative estimate of drug-likeness (QED) is 0.208. The predicted octanol–water partition coefficient (Wildman–Crippen LogP) is 0.000600. The summed E-state index contributed by atoms with van der Waals surface area (Å²) in [6.07, 6.45) is 2.64. The summed E-state index contributed by atoms with van der Waals surface area (Å²) in [6.45, 7) is 3.67. The molecule has 70 valence electrons. The average Bonchev–Trinajstić information content (AvgIpc) is 2.05. The molecule has 0 rings (SSSR count). The third-order valence-corrected chi connectivity index (χ3v) is 1.46. The zero-order valence-corrected chi connectivity index (χ0v) is 7.41. The smallest absolute Gasteiger partial charge is 0.180 e. The van der Waals surface area contributed by atoms with E-state index in [2.05, 4.69) is 5.43 Å². The molecule has 0 aromatic rings. The number of hydrogen-bond donors (Lipinski definition) is 4. The highest BCUT2D eigenvalue weighted by Crippen LogP contribution is 2.10. The fourth-order valence-electron chi connectivity index (χ4n) is 0.908. The Morgan fingerprint density at radius 3 is 2.42 bits per heavy atom. The molecular formula is C8H16N2O2. The van der Waals surface area contributed by atoms with Crippen LogP contribution in [-0.4, -0.2) is 16.5 Å². The molecule has 0 fully saturated rings. The van der Waals surface area contributed by atoms with Crippen molar-refractivity contribution in [2.45, 2.75) is 26.6 Å². The SMILES string of the molecule is C/C=C(NN)\C(=C/CC)C(O)O. The van der Waals surface area contributed by atoms with Crippen LogP contribution in [0.2, 0.25) is 0 Å². The molecule has 0 aliphatic carbocycles. The number of rotatable bonds is 4. The van der Waals surface area contributed by atoms with Gasteiger partial charge >= 0.3 is 0 Å². The average molecular weight is 172 g/mol. The summed E-state index contributed by atoms with van der Waals surface area (Å²) in [6, 6.07) is 0. The second-order valence-electron chi connectivity index (χ2n) is 2.29. The fourth-order valence-corrected chi connectivity index (χ4v) is 0.908. The minimum Gasteiger partial charge on any atom is -0.364 e. The Labute approximate surface area is 72.4 Å². The molecule has 0 amide bonds. The van der Waals surface area contributed by atoms with Crippen LogP contribution in [0.4, 0.5) is 0 Å². The van der Waals surface area contributed by atoms with Gasteiger partial charge in [-0.1, -0.05) is 19.1 Å². The predicted molar refractivity (Wildman–Crippen MR) is 47.7 cm³/mol. The van der Waals surface area contributed by atoms with Crippen molar-refractivity contribution in [1.82, 2.24) is 5.43 Å². The van der Waals surface area contributed by atoms with Crippen LogP contribution in [-0.2, 0) is 0 Å². The Morgan fingerprint density at radius 1 is 1.58 bits per heavy atom. The summed E-state index contributed by atoms with van der Waals surface area (Å²) >= 11 is 0. The molecule has 0 aromatic heterocycles. The second-order valence-corrected chi connectivity index (χ2v) is 2.29. The van der Waals surface area contributed by atoms with Crippen LogP contribution in [0.15, 0.2) is 23.4 Å². The van der Waals surface area contributed by atoms with Gasteiger partial charge in [0.05, 0.1) is 5.70 Å². The Morgan fingerprint density at radius 2 is 2.17 bits per heavy atom. The van der Waals surface area contributed by atoms with Crippen LogP contribution in [0.5, 0.6) is 0 Å². The lowest BCUT2D eigenvalue weighted by Gasteiger charge is -2.12. The molecule has 0 spiro atoms. The lowest BCUT2D eigenvalue weighted by atomic mass is 10.1. The number of nitrogens with one attached hydrogen (secondary N) is 1. The topological polar surface area (TPSA) is 78.5 Å². The van der Waals surface area contributed by atoms with Crippen molar-refractivity contribution in [2.24, 2.45) is 5.84 Å². The van der Waals surface area contributed by atoms with Crippen molar-refractivity contribution < 1.29 is 10.2 Å². The maximum Gasteiger partial charge on any atom is 0.180 e. The van der Waals surface area contributed by atoms with E-state index < -0.39 is 6.29 Å². The van der Waals surface area contributed by atoms with E-state index in [1.807, 2.05) is 6.92 Å². The van der Waals surface area contributed by atoms with Crippen LogP contribution in [0.3, 0.4) is 0 Å². The molecule has 0 radical (unpaired) electrons. The summed E-state index contributed by atoms with van der Waals surface area (Å²) in [5.41, 5.74) is 3.33. The number of aliphatic hydroxyl groups excluding tert-OH is 1. The van der Waals surface area contributed by atoms with Crippen molar-refractivity contribution in [3.8, 4) is 0 Å². The van der Waals surface area contributed by atoms with Gasteiger partial charge in [-0.25, -0.2) is 0 Å². The standard InChI is InChI=1S/C8H16N2O2/c1-3-5-6(8(11)12)7(4-2)10-9/h4-5,8,10-12H,3,9H2,1-2H3/b6-5+,7-4+. The molecule has 0 unspecified atom stereocenters. The zero-order chi connectivity index (χ0) is 9.56. The van der Waals surface area contributed by atoms with Crippen molar-refractivity contribution in [3.05, 3.63) is 23.4 Å². The number of nitrogens with two attached hydrogens (primary N) is 1. The van der Waals surface area contributed by atoms with Gasteiger partial charge in [-0.3, -0.25) is 5.84 Å². The number of aliphatic hydroxyl groups is 2. The van der Waals surface area contributed by atoms with Gasteiger partial charge in [0.1, 0.15) is 0 Å². The molecular weight excluding hydrogens is 156 g/mol. The molecule has 5 N–H and O–H groups in total. The van der Waals surface area contributed by atoms with Gasteiger partial charge in [0.15, 0.2) is 6.29 Å². The molecule has 12 heavy (non-hydrogen) atoms. The van der Waals surface area contributed by atoms with Crippen LogP contribution in [0, 0.1) is 0 Å². The third-order valence-electron chi connectivity index (χ3n) is 1.46. The Balaban J connectivity index is 4.61. The molecule has 0 saturated carbocycles. The van der Waals surface area contributed by atoms with Crippen LogP contribution < -0.4 is 11.3 Å². The molecule has 0 saturated heterocycles. The highest BCUT2D eigenvalue weighted by Gasteiger charge is 2.09. The lowest BCUT2D eigenvalue weighted by molar-refractivity contribution is -0.00670. The van der Waals surface area contributed by atoms with Crippen molar-refractivity contribution >= 4 is 0 Å². The normalized spacial score (nSPS) is 13.8. The van der Waals surface area contributed by atoms with Gasteiger partial charge in [0, 0.05) is 5.57 Å². The lowest BCUT2D eigenvalue weighted by Crippen LogP contribution is -2.26. The van der Waals surface area contributed by atoms with Gasteiger partial charge in [-0.15, -0.1) is 0 Å². The Hall–Kier alpha value is -0.840. The summed E-state index contributed by atoms with van der Waals surface area (Å²) in [5, 5.41) is 17.9. The Kier molecular flexibility index (Phi) is 5.36. The van der Waals surface area contributed by atoms with Gasteiger partial charge < -0.3 is 15.6 Å². The van der Waals surface area contributed by atoms with Crippen LogP contribution >= 0.6 is 0 Å². The summed E-state index contributed by atoms with van der Waals surface area (Å²) in [7, 11) is 0. The summed E-state index contributed by atoms with van der Waals surface area (Å²) in [5.74, 6) is 5.17. The first kappa shape index (κ1) is 11.2. The van der Waals surface area contributed by atoms with E-state index >= 15 is 0 Å². The molecule has 4 nitrogen and oxygen atoms in total. The molecule has 0 aliphatic rings. The maximum atomic E-state index is 8.93. The van der Waals surface area contributed by atoms with Gasteiger partial charge in [-0.05, 0) is 13.3 Å². The summed E-state index contributed by atoms with van der Waals surface area (Å²) < 4.78 is 0. The van der Waals surface area contributed by atoms with E-state index in [1.165, 1.54) is 0 Å². The molecule has 0 aromatic carbocycles. The first-order valence-corrected chi connectivity index (χ1v) is 3.86. The monoisotopic (exact) mass is 172 g/mol.